The summed E-state index contributed by atoms with van der Waals surface area (Å²) in [5, 5.41) is 0. The number of benzene rings is 2. The quantitative estimate of drug-likeness (QED) is 0.661. The van der Waals surface area contributed by atoms with Crippen molar-refractivity contribution in [3.05, 3.63) is 54.9 Å². The van der Waals surface area contributed by atoms with Crippen LogP contribution in [-0.2, 0) is 0 Å². The molecule has 3 aromatic rings. The molecule has 3 nitrogen and oxygen atoms in total. The van der Waals surface area contributed by atoms with Crippen molar-refractivity contribution in [2.75, 3.05) is 0 Å². The van der Waals surface area contributed by atoms with Crippen molar-refractivity contribution >= 4 is 16.9 Å². The molecule has 0 spiro atoms. The molecule has 0 aliphatic carbocycles. The first-order valence-corrected chi connectivity index (χ1v) is 7.04. The lowest BCUT2D eigenvalue weighted by Crippen LogP contribution is -2.26. The number of nitrogens with zero attached hydrogens (tertiary/aromatic N) is 2. The maximum atomic E-state index is 12.5. The van der Waals surface area contributed by atoms with E-state index >= 15 is 0 Å². The summed E-state index contributed by atoms with van der Waals surface area (Å²) >= 11 is 0. The van der Waals surface area contributed by atoms with E-state index in [0.717, 1.165) is 22.2 Å². The smallest absolute Gasteiger partial charge is 0.237 e. The van der Waals surface area contributed by atoms with Crippen molar-refractivity contribution in [3.63, 3.8) is 0 Å². The molecule has 0 unspecified atom stereocenters. The summed E-state index contributed by atoms with van der Waals surface area (Å²) in [6, 6.07) is 16.2. The monoisotopic (exact) mass is 278 g/mol. The Morgan fingerprint density at radius 3 is 2.38 bits per heavy atom. The molecular weight excluding hydrogens is 260 g/mol. The molecule has 21 heavy (non-hydrogen) atoms. The molecule has 0 saturated heterocycles. The lowest BCUT2D eigenvalue weighted by Gasteiger charge is -2.17. The molecule has 3 rings (SSSR count). The lowest BCUT2D eigenvalue weighted by molar-refractivity contribution is 0.0772. The topological polar surface area (TPSA) is 34.9 Å². The Morgan fingerprint density at radius 1 is 1.00 bits per heavy atom. The lowest BCUT2D eigenvalue weighted by atomic mass is 9.95. The summed E-state index contributed by atoms with van der Waals surface area (Å²) in [5.74, 6) is 0.0511. The van der Waals surface area contributed by atoms with Gasteiger partial charge in [0.15, 0.2) is 0 Å². The average Bonchev–Trinajstić information content (AvgIpc) is 2.89. The Balaban J connectivity index is 2.15. The van der Waals surface area contributed by atoms with Crippen molar-refractivity contribution in [1.29, 1.82) is 0 Å². The van der Waals surface area contributed by atoms with Crippen LogP contribution in [-0.4, -0.2) is 15.5 Å². The van der Waals surface area contributed by atoms with Gasteiger partial charge in [0, 0.05) is 5.41 Å². The molecule has 0 amide bonds. The molecule has 0 atom stereocenters. The molecule has 1 heterocycles. The minimum atomic E-state index is -0.434. The summed E-state index contributed by atoms with van der Waals surface area (Å²) in [5.41, 5.74) is 3.49. The fourth-order valence-electron chi connectivity index (χ4n) is 2.34. The van der Waals surface area contributed by atoms with E-state index in [1.54, 1.807) is 10.9 Å². The van der Waals surface area contributed by atoms with Gasteiger partial charge in [0.25, 0.3) is 0 Å². The minimum absolute atomic E-state index is 0.0511. The standard InChI is InChI=1S/C18H18N2O/c1-18(2,3)17(21)20-12-19-15-10-9-14(11-16(15)20)13-7-5-4-6-8-13/h4-12H,1-3H3. The SMILES string of the molecule is CC(C)(C)C(=O)n1cnc2ccc(-c3ccccc3)cc21. The normalized spacial score (nSPS) is 11.8. The summed E-state index contributed by atoms with van der Waals surface area (Å²) in [6.07, 6.45) is 1.62. The van der Waals surface area contributed by atoms with Crippen LogP contribution in [0, 0.1) is 5.41 Å². The maximum absolute atomic E-state index is 12.5. The third-order valence-corrected chi connectivity index (χ3v) is 3.51. The van der Waals surface area contributed by atoms with Crippen LogP contribution >= 0.6 is 0 Å². The molecule has 2 aromatic carbocycles. The molecular formula is C18H18N2O. The second-order valence-electron chi connectivity index (χ2n) is 6.24. The van der Waals surface area contributed by atoms with E-state index < -0.39 is 5.41 Å². The number of rotatable bonds is 1. The van der Waals surface area contributed by atoms with Crippen molar-refractivity contribution in [2.24, 2.45) is 5.41 Å². The fraction of sp³-hybridized carbons (Fsp3) is 0.222. The van der Waals surface area contributed by atoms with Crippen LogP contribution in [0.3, 0.4) is 0 Å². The first-order chi connectivity index (χ1) is 9.97. The highest BCUT2D eigenvalue weighted by atomic mass is 16.2. The van der Waals surface area contributed by atoms with Gasteiger partial charge >= 0.3 is 0 Å². The highest BCUT2D eigenvalue weighted by Crippen LogP contribution is 2.26. The van der Waals surface area contributed by atoms with Gasteiger partial charge in [-0.15, -0.1) is 0 Å². The van der Waals surface area contributed by atoms with Crippen LogP contribution in [0.1, 0.15) is 25.6 Å². The zero-order chi connectivity index (χ0) is 15.0. The second kappa shape index (κ2) is 4.85. The zero-order valence-corrected chi connectivity index (χ0v) is 12.5. The van der Waals surface area contributed by atoms with Crippen LogP contribution in [0.25, 0.3) is 22.2 Å². The van der Waals surface area contributed by atoms with E-state index in [9.17, 15) is 4.79 Å². The largest absolute Gasteiger partial charge is 0.273 e. The molecule has 3 heteroatoms. The number of fused-ring (bicyclic) bond motifs is 1. The van der Waals surface area contributed by atoms with Gasteiger partial charge < -0.3 is 0 Å². The van der Waals surface area contributed by atoms with Crippen LogP contribution in [0.15, 0.2) is 54.9 Å². The number of aromatic nitrogens is 2. The Kier molecular flexibility index (Phi) is 3.13. The van der Waals surface area contributed by atoms with Gasteiger partial charge in [-0.1, -0.05) is 57.2 Å². The van der Waals surface area contributed by atoms with E-state index in [2.05, 4.69) is 17.1 Å². The molecule has 0 saturated carbocycles. The van der Waals surface area contributed by atoms with Crippen LogP contribution < -0.4 is 0 Å². The van der Waals surface area contributed by atoms with Gasteiger partial charge in [-0.2, -0.15) is 0 Å². The molecule has 0 radical (unpaired) electrons. The van der Waals surface area contributed by atoms with Crippen LogP contribution in [0.2, 0.25) is 0 Å². The average molecular weight is 278 g/mol. The number of hydrogen-bond donors (Lipinski definition) is 0. The summed E-state index contributed by atoms with van der Waals surface area (Å²) in [7, 11) is 0. The Labute approximate surface area is 124 Å². The maximum Gasteiger partial charge on any atom is 0.237 e. The van der Waals surface area contributed by atoms with Crippen molar-refractivity contribution < 1.29 is 4.79 Å². The summed E-state index contributed by atoms with van der Waals surface area (Å²) in [6.45, 7) is 5.76. The first-order valence-electron chi connectivity index (χ1n) is 7.04. The number of carbonyl (C=O) groups excluding carboxylic acids is 1. The molecule has 0 aliphatic rings. The predicted octanol–water partition coefficient (Wildman–Crippen LogP) is 4.39. The molecule has 0 fully saturated rings. The van der Waals surface area contributed by atoms with Crippen LogP contribution in [0.5, 0.6) is 0 Å². The molecule has 0 N–H and O–H groups in total. The van der Waals surface area contributed by atoms with Gasteiger partial charge in [-0.25, -0.2) is 4.98 Å². The summed E-state index contributed by atoms with van der Waals surface area (Å²) in [4.78, 5) is 16.8. The van der Waals surface area contributed by atoms with Gasteiger partial charge in [0.05, 0.1) is 11.0 Å². The first kappa shape index (κ1) is 13.6. The van der Waals surface area contributed by atoms with Gasteiger partial charge in [0.1, 0.15) is 6.33 Å². The van der Waals surface area contributed by atoms with Crippen molar-refractivity contribution in [2.45, 2.75) is 20.8 Å². The Bertz CT molecular complexity index is 795. The van der Waals surface area contributed by atoms with Gasteiger partial charge in [-0.05, 0) is 23.3 Å². The van der Waals surface area contributed by atoms with Gasteiger partial charge in [0.2, 0.25) is 5.91 Å². The molecule has 1 aromatic heterocycles. The number of carbonyl (C=O) groups is 1. The molecule has 106 valence electrons. The van der Waals surface area contributed by atoms with E-state index in [0.29, 0.717) is 0 Å². The predicted molar refractivity (Wildman–Crippen MR) is 85.3 cm³/mol. The minimum Gasteiger partial charge on any atom is -0.273 e. The second-order valence-corrected chi connectivity index (χ2v) is 6.24. The third kappa shape index (κ3) is 2.47. The summed E-state index contributed by atoms with van der Waals surface area (Å²) < 4.78 is 1.65. The molecule has 0 bridgehead atoms. The van der Waals surface area contributed by atoms with E-state index in [4.69, 9.17) is 0 Å². The highest BCUT2D eigenvalue weighted by molar-refractivity contribution is 5.94. The Hall–Kier alpha value is -2.42. The van der Waals surface area contributed by atoms with Crippen molar-refractivity contribution in [1.82, 2.24) is 9.55 Å². The fourth-order valence-corrected chi connectivity index (χ4v) is 2.34. The van der Waals surface area contributed by atoms with Crippen LogP contribution in [0.4, 0.5) is 0 Å². The van der Waals surface area contributed by atoms with E-state index in [1.807, 2.05) is 57.2 Å². The van der Waals surface area contributed by atoms with E-state index in [1.165, 1.54) is 0 Å². The number of hydrogen-bond acceptors (Lipinski definition) is 2. The number of imidazole rings is 1. The van der Waals surface area contributed by atoms with E-state index in [-0.39, 0.29) is 5.91 Å². The highest BCUT2D eigenvalue weighted by Gasteiger charge is 2.24. The Morgan fingerprint density at radius 2 is 1.71 bits per heavy atom. The van der Waals surface area contributed by atoms with Crippen molar-refractivity contribution in [3.8, 4) is 11.1 Å². The molecule has 0 aliphatic heterocycles. The third-order valence-electron chi connectivity index (χ3n) is 3.51. The van der Waals surface area contributed by atoms with Gasteiger partial charge in [-0.3, -0.25) is 9.36 Å². The zero-order valence-electron chi connectivity index (χ0n) is 12.5.